The number of hydrogen-bond acceptors (Lipinski definition) is 3. The summed E-state index contributed by atoms with van der Waals surface area (Å²) in [5.41, 5.74) is 4.63. The average Bonchev–Trinajstić information content (AvgIpc) is 3.19. The Hall–Kier alpha value is -3.34. The topological polar surface area (TPSA) is 71.2 Å². The second-order valence-corrected chi connectivity index (χ2v) is 6.66. The molecule has 1 aromatic heterocycles. The zero-order chi connectivity index (χ0) is 18.6. The van der Waals surface area contributed by atoms with E-state index in [9.17, 15) is 9.59 Å². The van der Waals surface area contributed by atoms with E-state index in [0.717, 1.165) is 35.2 Å². The van der Waals surface area contributed by atoms with Gasteiger partial charge in [-0.25, -0.2) is 0 Å². The lowest BCUT2D eigenvalue weighted by Gasteiger charge is -2.18. The predicted octanol–water partition coefficient (Wildman–Crippen LogP) is 3.56. The molecule has 1 aliphatic heterocycles. The molecule has 136 valence electrons. The van der Waals surface area contributed by atoms with Crippen molar-refractivity contribution in [1.82, 2.24) is 4.98 Å². The summed E-state index contributed by atoms with van der Waals surface area (Å²) in [4.78, 5) is 26.9. The van der Waals surface area contributed by atoms with E-state index in [0.29, 0.717) is 17.9 Å². The quantitative estimate of drug-likeness (QED) is 0.660. The van der Waals surface area contributed by atoms with Gasteiger partial charge in [-0.2, -0.15) is 0 Å². The van der Waals surface area contributed by atoms with E-state index in [1.165, 1.54) is 0 Å². The summed E-state index contributed by atoms with van der Waals surface area (Å²) in [5, 5.41) is 2.79. The molecular formula is C22H20N2O3. The number of anilines is 1. The molecule has 1 aliphatic rings. The van der Waals surface area contributed by atoms with Crippen molar-refractivity contribution >= 4 is 17.4 Å². The number of carbonyl (C=O) groups is 2. The fourth-order valence-corrected chi connectivity index (χ4v) is 3.22. The number of hydrogen-bond donors (Lipinski definition) is 2. The Morgan fingerprint density at radius 2 is 1.85 bits per heavy atom. The molecule has 0 saturated carbocycles. The van der Waals surface area contributed by atoms with Gasteiger partial charge in [0.15, 0.2) is 12.4 Å². The van der Waals surface area contributed by atoms with Crippen LogP contribution in [0.25, 0.3) is 0 Å². The Labute approximate surface area is 157 Å². The summed E-state index contributed by atoms with van der Waals surface area (Å²) in [6.45, 7) is 0.0570. The van der Waals surface area contributed by atoms with Gasteiger partial charge >= 0.3 is 0 Å². The van der Waals surface area contributed by atoms with Crippen molar-refractivity contribution in [2.45, 2.75) is 19.3 Å². The number of Topliss-reactive ketones (excluding diaryl/α,β-unsaturated/α-hetero) is 1. The zero-order valence-corrected chi connectivity index (χ0v) is 14.8. The third-order valence-corrected chi connectivity index (χ3v) is 4.64. The van der Waals surface area contributed by atoms with E-state index in [4.69, 9.17) is 4.74 Å². The minimum Gasteiger partial charge on any atom is -0.482 e. The number of rotatable bonds is 6. The third kappa shape index (κ3) is 4.08. The van der Waals surface area contributed by atoms with Crippen LogP contribution >= 0.6 is 0 Å². The minimum absolute atomic E-state index is 0.0570. The number of aromatic nitrogens is 1. The second-order valence-electron chi connectivity index (χ2n) is 6.66. The number of ether oxygens (including phenoxy) is 1. The van der Waals surface area contributed by atoms with E-state index < -0.39 is 0 Å². The van der Waals surface area contributed by atoms with Crippen LogP contribution < -0.4 is 10.1 Å². The number of fused-ring (bicyclic) bond motifs is 1. The monoisotopic (exact) mass is 360 g/mol. The smallest absolute Gasteiger partial charge is 0.262 e. The lowest BCUT2D eigenvalue weighted by Crippen LogP contribution is -2.25. The summed E-state index contributed by atoms with van der Waals surface area (Å²) in [6.07, 6.45) is 3.87. The van der Waals surface area contributed by atoms with Crippen LogP contribution in [0.2, 0.25) is 0 Å². The molecule has 0 fully saturated rings. The normalized spacial score (nSPS) is 12.8. The molecule has 2 aromatic carbocycles. The first-order valence-corrected chi connectivity index (χ1v) is 8.97. The summed E-state index contributed by atoms with van der Waals surface area (Å²) >= 11 is 0. The Kier molecular flexibility index (Phi) is 4.75. The van der Waals surface area contributed by atoms with E-state index in [2.05, 4.69) is 10.3 Å². The molecule has 3 aromatic rings. The molecule has 5 nitrogen and oxygen atoms in total. The SMILES string of the molecule is O=C1COc2cc(CCc3cccc(C(=O)Cc4ccc[nH]4)c3)ccc2N1. The van der Waals surface area contributed by atoms with E-state index in [-0.39, 0.29) is 18.3 Å². The number of aromatic amines is 1. The molecule has 5 heteroatoms. The first kappa shape index (κ1) is 17.1. The Morgan fingerprint density at radius 3 is 2.67 bits per heavy atom. The van der Waals surface area contributed by atoms with Gasteiger partial charge in [0.25, 0.3) is 5.91 Å². The first-order valence-electron chi connectivity index (χ1n) is 8.97. The van der Waals surface area contributed by atoms with Crippen molar-refractivity contribution in [2.24, 2.45) is 0 Å². The standard InChI is InChI=1S/C22H20N2O3/c25-20(13-18-5-2-10-23-18)17-4-1-3-15(11-17)6-7-16-8-9-19-21(12-16)27-14-22(26)24-19/h1-5,8-12,23H,6-7,13-14H2,(H,24,26). The van der Waals surface area contributed by atoms with E-state index >= 15 is 0 Å². The highest BCUT2D eigenvalue weighted by Crippen LogP contribution is 2.29. The Balaban J connectivity index is 1.41. The number of carbonyl (C=O) groups excluding carboxylic acids is 2. The van der Waals surface area contributed by atoms with E-state index in [1.807, 2.05) is 60.8 Å². The van der Waals surface area contributed by atoms with Crippen LogP contribution in [0.5, 0.6) is 5.75 Å². The molecule has 0 unspecified atom stereocenters. The summed E-state index contributed by atoms with van der Waals surface area (Å²) in [6, 6.07) is 17.5. The number of nitrogens with one attached hydrogen (secondary N) is 2. The van der Waals surface area contributed by atoms with Crippen molar-refractivity contribution < 1.29 is 14.3 Å². The number of H-pyrrole nitrogens is 1. The highest BCUT2D eigenvalue weighted by atomic mass is 16.5. The predicted molar refractivity (Wildman–Crippen MR) is 103 cm³/mol. The van der Waals surface area contributed by atoms with Gasteiger partial charge in [0.2, 0.25) is 0 Å². The van der Waals surface area contributed by atoms with Crippen molar-refractivity contribution in [1.29, 1.82) is 0 Å². The maximum atomic E-state index is 12.5. The van der Waals surface area contributed by atoms with Crippen molar-refractivity contribution in [2.75, 3.05) is 11.9 Å². The average molecular weight is 360 g/mol. The molecule has 27 heavy (non-hydrogen) atoms. The van der Waals surface area contributed by atoms with Gasteiger partial charge in [0, 0.05) is 17.5 Å². The number of ketones is 1. The molecule has 0 aliphatic carbocycles. The number of aryl methyl sites for hydroxylation is 2. The van der Waals surface area contributed by atoms with Crippen molar-refractivity contribution in [3.05, 3.63) is 83.2 Å². The zero-order valence-electron chi connectivity index (χ0n) is 14.8. The molecule has 2 N–H and O–H groups in total. The van der Waals surface area contributed by atoms with Crippen LogP contribution in [0.4, 0.5) is 5.69 Å². The van der Waals surface area contributed by atoms with Crippen molar-refractivity contribution in [3.8, 4) is 5.75 Å². The van der Waals surface area contributed by atoms with Gasteiger partial charge in [-0.15, -0.1) is 0 Å². The molecule has 0 spiro atoms. The fourth-order valence-electron chi connectivity index (χ4n) is 3.22. The van der Waals surface area contributed by atoms with Gasteiger partial charge in [0.1, 0.15) is 5.75 Å². The molecule has 4 rings (SSSR count). The van der Waals surface area contributed by atoms with Gasteiger partial charge < -0.3 is 15.0 Å². The summed E-state index contributed by atoms with van der Waals surface area (Å²) < 4.78 is 5.47. The van der Waals surface area contributed by atoms with Crippen LogP contribution in [0.3, 0.4) is 0 Å². The van der Waals surface area contributed by atoms with Gasteiger partial charge in [-0.05, 0) is 54.3 Å². The maximum Gasteiger partial charge on any atom is 0.262 e. The van der Waals surface area contributed by atoms with Gasteiger partial charge in [-0.1, -0.05) is 24.3 Å². The van der Waals surface area contributed by atoms with Crippen LogP contribution in [-0.4, -0.2) is 23.3 Å². The molecule has 0 bridgehead atoms. The lowest BCUT2D eigenvalue weighted by atomic mass is 9.99. The highest BCUT2D eigenvalue weighted by molar-refractivity contribution is 5.97. The number of amides is 1. The van der Waals surface area contributed by atoms with Gasteiger partial charge in [0.05, 0.1) is 12.1 Å². The summed E-state index contributed by atoms with van der Waals surface area (Å²) in [5.74, 6) is 0.690. The second kappa shape index (κ2) is 7.50. The molecule has 1 amide bonds. The minimum atomic E-state index is -0.129. The van der Waals surface area contributed by atoms with Gasteiger partial charge in [-0.3, -0.25) is 9.59 Å². The molecular weight excluding hydrogens is 340 g/mol. The Morgan fingerprint density at radius 1 is 1.00 bits per heavy atom. The van der Waals surface area contributed by atoms with Crippen LogP contribution in [0, 0.1) is 0 Å². The molecule has 0 saturated heterocycles. The Bertz CT molecular complexity index is 977. The number of benzene rings is 2. The lowest BCUT2D eigenvalue weighted by molar-refractivity contribution is -0.118. The van der Waals surface area contributed by atoms with Crippen molar-refractivity contribution in [3.63, 3.8) is 0 Å². The van der Waals surface area contributed by atoms with Crippen LogP contribution in [0.1, 0.15) is 27.2 Å². The molecule has 0 atom stereocenters. The first-order chi connectivity index (χ1) is 13.2. The van der Waals surface area contributed by atoms with E-state index in [1.54, 1.807) is 0 Å². The molecule has 0 radical (unpaired) electrons. The van der Waals surface area contributed by atoms with Crippen LogP contribution in [-0.2, 0) is 24.1 Å². The molecule has 2 heterocycles. The fraction of sp³-hybridized carbons (Fsp3) is 0.182. The third-order valence-electron chi connectivity index (χ3n) is 4.64. The highest BCUT2D eigenvalue weighted by Gasteiger charge is 2.16. The largest absolute Gasteiger partial charge is 0.482 e. The summed E-state index contributed by atoms with van der Waals surface area (Å²) in [7, 11) is 0. The van der Waals surface area contributed by atoms with Crippen LogP contribution in [0.15, 0.2) is 60.8 Å². The maximum absolute atomic E-state index is 12.5.